The van der Waals surface area contributed by atoms with Crippen molar-refractivity contribution >= 4 is 25.9 Å². The minimum atomic E-state index is -3.73. The van der Waals surface area contributed by atoms with Gasteiger partial charge in [-0.05, 0) is 13.0 Å². The van der Waals surface area contributed by atoms with Gasteiger partial charge in [-0.2, -0.15) is 8.78 Å². The zero-order valence-electron chi connectivity index (χ0n) is 15.0. The third-order valence-corrected chi connectivity index (χ3v) is 3.78. The van der Waals surface area contributed by atoms with Crippen LogP contribution < -0.4 is 15.3 Å². The number of esters is 2. The van der Waals surface area contributed by atoms with E-state index in [-0.39, 0.29) is 17.9 Å². The summed E-state index contributed by atoms with van der Waals surface area (Å²) >= 11 is 0. The molecule has 9 heteroatoms. The number of carbonyl (C=O) groups excluding carboxylic acids is 2. The van der Waals surface area contributed by atoms with E-state index in [0.717, 1.165) is 0 Å². The first-order valence-corrected chi connectivity index (χ1v) is 11.3. The summed E-state index contributed by atoms with van der Waals surface area (Å²) in [5.41, 5.74) is 3.28. The van der Waals surface area contributed by atoms with Gasteiger partial charge in [0.15, 0.2) is 5.75 Å². The van der Waals surface area contributed by atoms with Gasteiger partial charge in [0.05, 0.1) is 18.7 Å². The fourth-order valence-electron chi connectivity index (χ4n) is 1.89. The zero-order valence-corrected chi connectivity index (χ0v) is 16.0. The molecule has 0 saturated heterocycles. The Morgan fingerprint density at radius 1 is 1.24 bits per heavy atom. The standard InChI is InChI=1S/C16H24F2N2O4Si/c1-6-23-15(22)16(17,18)10-12-8-7-9-13(14(12)24-11(2)21)19-20-25(3,4)5/h7-9,19-20H,6,10H2,1-5H3. The molecule has 1 aromatic rings. The molecule has 1 rings (SSSR count). The number of anilines is 1. The van der Waals surface area contributed by atoms with Crippen LogP contribution in [0.3, 0.4) is 0 Å². The molecule has 1 aromatic carbocycles. The van der Waals surface area contributed by atoms with Crippen molar-refractivity contribution in [3.63, 3.8) is 0 Å². The van der Waals surface area contributed by atoms with Crippen molar-refractivity contribution in [1.82, 2.24) is 5.09 Å². The molecule has 0 aromatic heterocycles. The summed E-state index contributed by atoms with van der Waals surface area (Å²) in [4.78, 5) is 22.8. The Balaban J connectivity index is 3.17. The first-order valence-electron chi connectivity index (χ1n) is 7.85. The van der Waals surface area contributed by atoms with Gasteiger partial charge < -0.3 is 14.9 Å². The van der Waals surface area contributed by atoms with Crippen LogP contribution in [-0.2, 0) is 20.7 Å². The lowest BCUT2D eigenvalue weighted by molar-refractivity contribution is -0.171. The van der Waals surface area contributed by atoms with E-state index < -0.39 is 32.5 Å². The molecule has 2 N–H and O–H groups in total. The second kappa shape index (κ2) is 8.39. The Hall–Kier alpha value is -2.00. The summed E-state index contributed by atoms with van der Waals surface area (Å²) in [7, 11) is -1.72. The predicted octanol–water partition coefficient (Wildman–Crippen LogP) is 3.10. The van der Waals surface area contributed by atoms with Gasteiger partial charge in [0.2, 0.25) is 0 Å². The molecule has 0 aliphatic rings. The number of benzene rings is 1. The molecule has 0 aliphatic carbocycles. The largest absolute Gasteiger partial charge is 0.462 e. The average Bonchev–Trinajstić information content (AvgIpc) is 2.46. The van der Waals surface area contributed by atoms with Gasteiger partial charge in [0.1, 0.15) is 8.24 Å². The second-order valence-corrected chi connectivity index (χ2v) is 11.2. The summed E-state index contributed by atoms with van der Waals surface area (Å²) in [6.07, 6.45) is -0.934. The first kappa shape index (κ1) is 21.0. The molecule has 0 unspecified atom stereocenters. The predicted molar refractivity (Wildman–Crippen MR) is 93.1 cm³/mol. The van der Waals surface area contributed by atoms with E-state index in [4.69, 9.17) is 4.74 Å². The number of hydrogen-bond acceptors (Lipinski definition) is 6. The molecule has 6 nitrogen and oxygen atoms in total. The van der Waals surface area contributed by atoms with Crippen LogP contribution in [0.2, 0.25) is 19.6 Å². The van der Waals surface area contributed by atoms with Crippen molar-refractivity contribution in [2.45, 2.75) is 45.8 Å². The maximum atomic E-state index is 14.1. The molecule has 0 heterocycles. The average molecular weight is 374 g/mol. The molecule has 0 saturated carbocycles. The Labute approximate surface area is 146 Å². The van der Waals surface area contributed by atoms with Crippen LogP contribution >= 0.6 is 0 Å². The minimum Gasteiger partial charge on any atom is -0.462 e. The van der Waals surface area contributed by atoms with Crippen LogP contribution in [0.5, 0.6) is 5.75 Å². The van der Waals surface area contributed by atoms with Crippen LogP contribution in [0.25, 0.3) is 0 Å². The smallest absolute Gasteiger partial charge is 0.377 e. The molecular weight excluding hydrogens is 350 g/mol. The van der Waals surface area contributed by atoms with Crippen molar-refractivity contribution in [3.05, 3.63) is 23.8 Å². The Morgan fingerprint density at radius 2 is 1.88 bits per heavy atom. The van der Waals surface area contributed by atoms with E-state index in [1.807, 2.05) is 19.6 Å². The van der Waals surface area contributed by atoms with Crippen LogP contribution in [-0.4, -0.2) is 32.7 Å². The summed E-state index contributed by atoms with van der Waals surface area (Å²) in [5.74, 6) is -6.02. The van der Waals surface area contributed by atoms with Gasteiger partial charge in [0, 0.05) is 12.5 Å². The molecule has 0 radical (unpaired) electrons. The van der Waals surface area contributed by atoms with E-state index in [2.05, 4.69) is 15.3 Å². The number of halogens is 2. The Morgan fingerprint density at radius 3 is 2.40 bits per heavy atom. The number of para-hydroxylation sites is 1. The van der Waals surface area contributed by atoms with E-state index in [0.29, 0.717) is 5.69 Å². The van der Waals surface area contributed by atoms with Gasteiger partial charge >= 0.3 is 17.9 Å². The highest BCUT2D eigenvalue weighted by atomic mass is 28.3. The van der Waals surface area contributed by atoms with E-state index >= 15 is 0 Å². The topological polar surface area (TPSA) is 76.7 Å². The SMILES string of the molecule is CCOC(=O)C(F)(F)Cc1cccc(NN[Si](C)(C)C)c1OC(C)=O. The fourth-order valence-corrected chi connectivity index (χ4v) is 2.40. The van der Waals surface area contributed by atoms with Crippen LogP contribution in [0.4, 0.5) is 14.5 Å². The summed E-state index contributed by atoms with van der Waals surface area (Å²) in [5, 5.41) is 3.10. The highest BCUT2D eigenvalue weighted by Crippen LogP contribution is 2.33. The van der Waals surface area contributed by atoms with E-state index in [1.165, 1.54) is 26.0 Å². The lowest BCUT2D eigenvalue weighted by Crippen LogP contribution is -2.45. The molecule has 0 spiro atoms. The number of nitrogens with one attached hydrogen (secondary N) is 2. The molecule has 0 aliphatic heterocycles. The van der Waals surface area contributed by atoms with Crippen molar-refractivity contribution in [3.8, 4) is 5.75 Å². The molecule has 0 bridgehead atoms. The monoisotopic (exact) mass is 374 g/mol. The van der Waals surface area contributed by atoms with Crippen molar-refractivity contribution in [2.75, 3.05) is 12.0 Å². The van der Waals surface area contributed by atoms with Crippen LogP contribution in [0.1, 0.15) is 19.4 Å². The summed E-state index contributed by atoms with van der Waals surface area (Å²) in [6.45, 7) is 8.58. The molecule has 0 amide bonds. The summed E-state index contributed by atoms with van der Waals surface area (Å²) < 4.78 is 37.7. The second-order valence-electron chi connectivity index (χ2n) is 6.49. The zero-order chi connectivity index (χ0) is 19.3. The van der Waals surface area contributed by atoms with Crippen molar-refractivity contribution < 1.29 is 27.8 Å². The highest BCUT2D eigenvalue weighted by molar-refractivity contribution is 6.73. The lowest BCUT2D eigenvalue weighted by Gasteiger charge is -2.23. The van der Waals surface area contributed by atoms with Crippen LogP contribution in [0, 0.1) is 0 Å². The highest BCUT2D eigenvalue weighted by Gasteiger charge is 2.41. The quantitative estimate of drug-likeness (QED) is 0.315. The number of alkyl halides is 2. The van der Waals surface area contributed by atoms with Crippen molar-refractivity contribution in [1.29, 1.82) is 0 Å². The third kappa shape index (κ3) is 6.79. The molecule has 0 atom stereocenters. The minimum absolute atomic E-state index is 0.0237. The number of hydrazine groups is 1. The number of carbonyl (C=O) groups is 2. The maximum absolute atomic E-state index is 14.1. The normalized spacial score (nSPS) is 11.8. The molecular formula is C16H24F2N2O4Si. The molecule has 25 heavy (non-hydrogen) atoms. The van der Waals surface area contributed by atoms with Gasteiger partial charge in [-0.1, -0.05) is 31.8 Å². The van der Waals surface area contributed by atoms with E-state index in [9.17, 15) is 18.4 Å². The fraction of sp³-hybridized carbons (Fsp3) is 0.500. The third-order valence-electron chi connectivity index (χ3n) is 2.90. The Bertz CT molecular complexity index is 633. The maximum Gasteiger partial charge on any atom is 0.377 e. The van der Waals surface area contributed by atoms with Gasteiger partial charge in [-0.3, -0.25) is 9.89 Å². The van der Waals surface area contributed by atoms with Crippen molar-refractivity contribution in [2.24, 2.45) is 0 Å². The number of ether oxygens (including phenoxy) is 2. The molecule has 0 fully saturated rings. The summed E-state index contributed by atoms with van der Waals surface area (Å²) in [6, 6.07) is 4.51. The Kier molecular flexibility index (Phi) is 7.06. The number of rotatable bonds is 8. The van der Waals surface area contributed by atoms with Crippen LogP contribution in [0.15, 0.2) is 18.2 Å². The van der Waals surface area contributed by atoms with Gasteiger partial charge in [-0.25, -0.2) is 4.79 Å². The lowest BCUT2D eigenvalue weighted by atomic mass is 10.0. The first-order chi connectivity index (χ1) is 11.5. The van der Waals surface area contributed by atoms with Gasteiger partial charge in [0.25, 0.3) is 0 Å². The van der Waals surface area contributed by atoms with E-state index in [1.54, 1.807) is 6.07 Å². The van der Waals surface area contributed by atoms with Gasteiger partial charge in [-0.15, -0.1) is 0 Å². The number of hydrogen-bond donors (Lipinski definition) is 2. The molecule has 140 valence electrons.